The Labute approximate surface area is 178 Å². The third kappa shape index (κ3) is 5.69. The average Bonchev–Trinajstić information content (AvgIpc) is 2.73. The van der Waals surface area contributed by atoms with Crippen molar-refractivity contribution in [3.05, 3.63) is 58.8 Å². The number of rotatable bonds is 6. The first-order valence-electron chi connectivity index (χ1n) is 9.08. The number of carbonyl (C=O) groups excluding carboxylic acids is 1. The lowest BCUT2D eigenvalue weighted by Gasteiger charge is -2.33. The summed E-state index contributed by atoms with van der Waals surface area (Å²) in [5.41, 5.74) is 4.04. The summed E-state index contributed by atoms with van der Waals surface area (Å²) < 4.78 is 27.7. The van der Waals surface area contributed by atoms with Crippen LogP contribution in [-0.4, -0.2) is 66.9 Å². The van der Waals surface area contributed by atoms with Crippen LogP contribution in [0.25, 0.3) is 0 Å². The Morgan fingerprint density at radius 1 is 1.17 bits per heavy atom. The lowest BCUT2D eigenvalue weighted by Crippen LogP contribution is -2.50. The van der Waals surface area contributed by atoms with Gasteiger partial charge in [0.25, 0.3) is 5.91 Å². The minimum absolute atomic E-state index is 0.163. The Balaban J connectivity index is 1.50. The molecule has 1 fully saturated rings. The molecule has 0 unspecified atom stereocenters. The molecule has 0 atom stereocenters. The van der Waals surface area contributed by atoms with Crippen LogP contribution in [0.5, 0.6) is 0 Å². The number of hydrogen-bond acceptors (Lipinski definition) is 6. The van der Waals surface area contributed by atoms with Crippen molar-refractivity contribution < 1.29 is 13.2 Å². The topological polar surface area (TPSA) is 95.0 Å². The molecule has 8 nitrogen and oxygen atoms in total. The molecule has 29 heavy (non-hydrogen) atoms. The third-order valence-electron chi connectivity index (χ3n) is 4.58. The Morgan fingerprint density at radius 2 is 1.86 bits per heavy atom. The number of hydrazone groups is 1. The number of nitrogens with zero attached hydrogens (tertiary/aromatic N) is 4. The average molecular weight is 480 g/mol. The van der Waals surface area contributed by atoms with Gasteiger partial charge in [-0.1, -0.05) is 22.0 Å². The summed E-state index contributed by atoms with van der Waals surface area (Å²) in [4.78, 5) is 18.4. The van der Waals surface area contributed by atoms with Crippen LogP contribution in [0.15, 0.2) is 63.3 Å². The molecule has 154 valence electrons. The van der Waals surface area contributed by atoms with Crippen LogP contribution in [0.4, 0.5) is 0 Å². The van der Waals surface area contributed by atoms with Gasteiger partial charge < -0.3 is 0 Å². The van der Waals surface area contributed by atoms with Gasteiger partial charge in [0, 0.05) is 48.6 Å². The van der Waals surface area contributed by atoms with Crippen molar-refractivity contribution in [2.75, 3.05) is 32.7 Å². The number of piperazine rings is 1. The van der Waals surface area contributed by atoms with E-state index < -0.39 is 10.0 Å². The van der Waals surface area contributed by atoms with Crippen LogP contribution >= 0.6 is 15.9 Å². The molecule has 1 aromatic heterocycles. The molecule has 1 amide bonds. The molecule has 0 saturated carbocycles. The van der Waals surface area contributed by atoms with Crippen molar-refractivity contribution in [1.29, 1.82) is 0 Å². The Bertz CT molecular complexity index is 973. The van der Waals surface area contributed by atoms with Gasteiger partial charge in [0.2, 0.25) is 10.0 Å². The lowest BCUT2D eigenvalue weighted by molar-refractivity contribution is -0.122. The van der Waals surface area contributed by atoms with Crippen LogP contribution < -0.4 is 5.43 Å². The molecular weight excluding hydrogens is 458 g/mol. The van der Waals surface area contributed by atoms with E-state index in [4.69, 9.17) is 0 Å². The monoisotopic (exact) mass is 479 g/mol. The first-order chi connectivity index (χ1) is 13.9. The van der Waals surface area contributed by atoms with Crippen molar-refractivity contribution in [3.8, 4) is 0 Å². The summed E-state index contributed by atoms with van der Waals surface area (Å²) >= 11 is 3.31. The van der Waals surface area contributed by atoms with Gasteiger partial charge in [-0.2, -0.15) is 9.41 Å². The van der Waals surface area contributed by atoms with Crippen LogP contribution in [0.1, 0.15) is 12.5 Å². The van der Waals surface area contributed by atoms with Gasteiger partial charge >= 0.3 is 0 Å². The summed E-state index contributed by atoms with van der Waals surface area (Å²) in [6.45, 7) is 3.59. The maximum absolute atomic E-state index is 12.7. The molecule has 3 rings (SSSR count). The van der Waals surface area contributed by atoms with E-state index in [0.717, 1.165) is 10.0 Å². The molecule has 0 aliphatic carbocycles. The first-order valence-corrected chi connectivity index (χ1v) is 11.3. The van der Waals surface area contributed by atoms with Crippen LogP contribution in [0.3, 0.4) is 0 Å². The zero-order valence-corrected chi connectivity index (χ0v) is 18.4. The summed E-state index contributed by atoms with van der Waals surface area (Å²) in [5.74, 6) is -0.238. The predicted molar refractivity (Wildman–Crippen MR) is 114 cm³/mol. The molecular formula is C19H22BrN5O3S. The van der Waals surface area contributed by atoms with Gasteiger partial charge in [0.15, 0.2) is 0 Å². The number of sulfonamides is 1. The Hall–Kier alpha value is -2.14. The molecule has 0 bridgehead atoms. The van der Waals surface area contributed by atoms with E-state index in [9.17, 15) is 13.2 Å². The van der Waals surface area contributed by atoms with Gasteiger partial charge in [0.05, 0.1) is 17.2 Å². The number of benzene rings is 1. The van der Waals surface area contributed by atoms with Crippen molar-refractivity contribution in [2.24, 2.45) is 5.10 Å². The van der Waals surface area contributed by atoms with Crippen LogP contribution in [0.2, 0.25) is 0 Å². The fourth-order valence-electron chi connectivity index (χ4n) is 2.91. The van der Waals surface area contributed by atoms with Gasteiger partial charge in [-0.05, 0) is 37.3 Å². The molecule has 2 aromatic rings. The number of nitrogens with one attached hydrogen (secondary N) is 1. The van der Waals surface area contributed by atoms with Crippen molar-refractivity contribution in [2.45, 2.75) is 11.8 Å². The van der Waals surface area contributed by atoms with Gasteiger partial charge in [-0.15, -0.1) is 0 Å². The van der Waals surface area contributed by atoms with E-state index in [1.165, 1.54) is 4.31 Å². The van der Waals surface area contributed by atoms with E-state index in [2.05, 4.69) is 31.4 Å². The molecule has 1 aromatic carbocycles. The highest BCUT2D eigenvalue weighted by Crippen LogP contribution is 2.20. The van der Waals surface area contributed by atoms with E-state index in [1.807, 2.05) is 11.0 Å². The zero-order valence-electron chi connectivity index (χ0n) is 16.0. The number of pyridine rings is 1. The Morgan fingerprint density at radius 3 is 2.48 bits per heavy atom. The SMILES string of the molecule is CC(=NNC(=O)CN1CCN(S(=O)(=O)c2ccc(Br)cc2)CC1)c1cccnc1. The Kier molecular flexibility index (Phi) is 7.12. The number of halogens is 1. The predicted octanol–water partition coefficient (Wildman–Crippen LogP) is 1.69. The highest BCUT2D eigenvalue weighted by atomic mass is 79.9. The highest BCUT2D eigenvalue weighted by Gasteiger charge is 2.28. The van der Waals surface area contributed by atoms with Crippen molar-refractivity contribution in [3.63, 3.8) is 0 Å². The van der Waals surface area contributed by atoms with Crippen molar-refractivity contribution in [1.82, 2.24) is 19.6 Å². The molecule has 1 saturated heterocycles. The van der Waals surface area contributed by atoms with Gasteiger partial charge in [0.1, 0.15) is 0 Å². The number of carbonyl (C=O) groups is 1. The number of amides is 1. The lowest BCUT2D eigenvalue weighted by atomic mass is 10.2. The second-order valence-corrected chi connectivity index (χ2v) is 9.46. The number of hydrogen-bond donors (Lipinski definition) is 1. The molecule has 10 heteroatoms. The van der Waals surface area contributed by atoms with Crippen LogP contribution in [0, 0.1) is 0 Å². The maximum Gasteiger partial charge on any atom is 0.254 e. The quantitative estimate of drug-likeness (QED) is 0.502. The second-order valence-electron chi connectivity index (χ2n) is 6.61. The first kappa shape index (κ1) is 21.6. The fourth-order valence-corrected chi connectivity index (χ4v) is 4.60. The minimum Gasteiger partial charge on any atom is -0.292 e. The molecule has 0 radical (unpaired) electrons. The molecule has 2 heterocycles. The fraction of sp³-hybridized carbons (Fsp3) is 0.316. The molecule has 1 aliphatic heterocycles. The minimum atomic E-state index is -3.53. The summed E-state index contributed by atoms with van der Waals surface area (Å²) in [6, 6.07) is 10.3. The van der Waals surface area contributed by atoms with E-state index in [-0.39, 0.29) is 17.3 Å². The summed E-state index contributed by atoms with van der Waals surface area (Å²) in [7, 11) is -3.53. The molecule has 1 N–H and O–H groups in total. The smallest absolute Gasteiger partial charge is 0.254 e. The summed E-state index contributed by atoms with van der Waals surface area (Å²) in [6.07, 6.45) is 3.35. The van der Waals surface area contributed by atoms with E-state index in [1.54, 1.807) is 49.6 Å². The van der Waals surface area contributed by atoms with Gasteiger partial charge in [-0.3, -0.25) is 14.7 Å². The second kappa shape index (κ2) is 9.57. The molecule has 1 aliphatic rings. The van der Waals surface area contributed by atoms with Crippen molar-refractivity contribution >= 4 is 37.6 Å². The highest BCUT2D eigenvalue weighted by molar-refractivity contribution is 9.10. The summed E-state index contributed by atoms with van der Waals surface area (Å²) in [5, 5.41) is 4.10. The van der Waals surface area contributed by atoms with E-state index >= 15 is 0 Å². The van der Waals surface area contributed by atoms with Crippen LogP contribution in [-0.2, 0) is 14.8 Å². The van der Waals surface area contributed by atoms with Gasteiger partial charge in [-0.25, -0.2) is 13.8 Å². The standard InChI is InChI=1S/C19H22BrN5O3S/c1-15(16-3-2-8-21-13-16)22-23-19(26)14-24-9-11-25(12-10-24)29(27,28)18-6-4-17(20)5-7-18/h2-8,13H,9-12,14H2,1H3,(H,23,26). The third-order valence-corrected chi connectivity index (χ3v) is 7.02. The zero-order chi connectivity index (χ0) is 20.9. The normalized spacial score (nSPS) is 16.6. The van der Waals surface area contributed by atoms with E-state index in [0.29, 0.717) is 31.9 Å². The number of aromatic nitrogens is 1. The maximum atomic E-state index is 12.7. The molecule has 0 spiro atoms. The largest absolute Gasteiger partial charge is 0.292 e.